The Morgan fingerprint density at radius 3 is 2.80 bits per heavy atom. The molecule has 0 saturated carbocycles. The first-order valence-electron chi connectivity index (χ1n) is 6.69. The van der Waals surface area contributed by atoms with Gasteiger partial charge in [-0.05, 0) is 12.1 Å². The van der Waals surface area contributed by atoms with Crippen molar-refractivity contribution in [3.05, 3.63) is 33.9 Å². The third-order valence-corrected chi connectivity index (χ3v) is 4.45. The summed E-state index contributed by atoms with van der Waals surface area (Å²) in [6.45, 7) is 2.95. The third kappa shape index (κ3) is 2.62. The fourth-order valence-electron chi connectivity index (χ4n) is 2.40. The summed E-state index contributed by atoms with van der Waals surface area (Å²) in [5, 5.41) is 0. The molecule has 0 aliphatic carbocycles. The van der Waals surface area contributed by atoms with E-state index in [-0.39, 0.29) is 10.8 Å². The Morgan fingerprint density at radius 2 is 2.00 bits per heavy atom. The molecular weight excluding hydrogens is 276 g/mol. The molecule has 2 heterocycles. The first-order valence-corrected chi connectivity index (χ1v) is 7.51. The van der Waals surface area contributed by atoms with E-state index in [0.29, 0.717) is 39.3 Å². The summed E-state index contributed by atoms with van der Waals surface area (Å²) in [5.74, 6) is 0.0930. The number of aromatic nitrogens is 1. The molecule has 0 N–H and O–H groups in total. The summed E-state index contributed by atoms with van der Waals surface area (Å²) in [5.41, 5.74) is 0.914. The van der Waals surface area contributed by atoms with Gasteiger partial charge < -0.3 is 9.64 Å². The molecule has 1 aliphatic rings. The summed E-state index contributed by atoms with van der Waals surface area (Å²) < 4.78 is 7.89. The van der Waals surface area contributed by atoms with Gasteiger partial charge in [0.05, 0.1) is 23.4 Å². The number of thiazole rings is 1. The van der Waals surface area contributed by atoms with Crippen LogP contribution in [0.15, 0.2) is 29.1 Å². The van der Waals surface area contributed by atoms with Gasteiger partial charge in [0.25, 0.3) is 0 Å². The molecule has 0 spiro atoms. The first-order chi connectivity index (χ1) is 9.75. The molecule has 6 heteroatoms. The normalized spacial score (nSPS) is 15.7. The van der Waals surface area contributed by atoms with Gasteiger partial charge in [-0.25, -0.2) is 0 Å². The Bertz CT molecular complexity index is 670. The molecule has 0 radical (unpaired) electrons. The van der Waals surface area contributed by atoms with Crippen LogP contribution < -0.4 is 4.87 Å². The van der Waals surface area contributed by atoms with Crippen molar-refractivity contribution in [1.29, 1.82) is 0 Å². The van der Waals surface area contributed by atoms with E-state index in [9.17, 15) is 9.59 Å². The fraction of sp³-hybridized carbons (Fsp3) is 0.429. The molecule has 1 aromatic carbocycles. The van der Waals surface area contributed by atoms with Crippen LogP contribution >= 0.6 is 11.3 Å². The minimum Gasteiger partial charge on any atom is -0.378 e. The Hall–Kier alpha value is -1.66. The average Bonchev–Trinajstić information content (AvgIpc) is 2.81. The minimum absolute atomic E-state index is 0.000905. The second-order valence-corrected chi connectivity index (χ2v) is 5.72. The van der Waals surface area contributed by atoms with Crippen LogP contribution in [0.1, 0.15) is 6.42 Å². The number of ether oxygens (including phenoxy) is 1. The zero-order chi connectivity index (χ0) is 13.9. The van der Waals surface area contributed by atoms with Crippen molar-refractivity contribution in [3.8, 4) is 0 Å². The fourth-order valence-corrected chi connectivity index (χ4v) is 3.32. The van der Waals surface area contributed by atoms with E-state index in [4.69, 9.17) is 4.74 Å². The predicted octanol–water partition coefficient (Wildman–Crippen LogP) is 1.31. The van der Waals surface area contributed by atoms with Crippen LogP contribution in [0.3, 0.4) is 0 Å². The van der Waals surface area contributed by atoms with E-state index in [2.05, 4.69) is 0 Å². The topological polar surface area (TPSA) is 51.5 Å². The highest BCUT2D eigenvalue weighted by atomic mass is 32.1. The average molecular weight is 292 g/mol. The molecule has 106 valence electrons. The van der Waals surface area contributed by atoms with Gasteiger partial charge in [0.2, 0.25) is 5.91 Å². The van der Waals surface area contributed by atoms with Crippen LogP contribution in [0, 0.1) is 0 Å². The summed E-state index contributed by atoms with van der Waals surface area (Å²) in [6.07, 6.45) is 0.362. The molecule has 1 fully saturated rings. The van der Waals surface area contributed by atoms with Crippen molar-refractivity contribution in [2.45, 2.75) is 13.0 Å². The third-order valence-electron chi connectivity index (χ3n) is 3.49. The molecule has 1 saturated heterocycles. The van der Waals surface area contributed by atoms with Crippen molar-refractivity contribution in [3.63, 3.8) is 0 Å². The summed E-state index contributed by atoms with van der Waals surface area (Å²) >= 11 is 1.23. The number of rotatable bonds is 3. The summed E-state index contributed by atoms with van der Waals surface area (Å²) in [4.78, 5) is 25.9. The zero-order valence-corrected chi connectivity index (χ0v) is 11.9. The van der Waals surface area contributed by atoms with Gasteiger partial charge in [-0.15, -0.1) is 0 Å². The second-order valence-electron chi connectivity index (χ2n) is 4.73. The highest BCUT2D eigenvalue weighted by Crippen LogP contribution is 2.16. The highest BCUT2D eigenvalue weighted by molar-refractivity contribution is 7.16. The van der Waals surface area contributed by atoms with Gasteiger partial charge in [-0.3, -0.25) is 14.2 Å². The maximum atomic E-state index is 12.1. The Morgan fingerprint density at radius 1 is 1.25 bits per heavy atom. The number of morpholine rings is 1. The van der Waals surface area contributed by atoms with Crippen LogP contribution in [-0.4, -0.2) is 41.7 Å². The Labute approximate surface area is 120 Å². The van der Waals surface area contributed by atoms with Gasteiger partial charge in [-0.2, -0.15) is 0 Å². The Balaban J connectivity index is 1.72. The highest BCUT2D eigenvalue weighted by Gasteiger charge is 2.17. The van der Waals surface area contributed by atoms with Crippen LogP contribution in [0.4, 0.5) is 0 Å². The van der Waals surface area contributed by atoms with Gasteiger partial charge in [-0.1, -0.05) is 23.5 Å². The number of aryl methyl sites for hydroxylation is 1. The smallest absolute Gasteiger partial charge is 0.308 e. The summed E-state index contributed by atoms with van der Waals surface area (Å²) in [7, 11) is 0. The predicted molar refractivity (Wildman–Crippen MR) is 78.1 cm³/mol. The zero-order valence-electron chi connectivity index (χ0n) is 11.1. The number of benzene rings is 1. The van der Waals surface area contributed by atoms with Gasteiger partial charge >= 0.3 is 4.87 Å². The maximum Gasteiger partial charge on any atom is 0.308 e. The lowest BCUT2D eigenvalue weighted by molar-refractivity contribution is -0.135. The van der Waals surface area contributed by atoms with Gasteiger partial charge in [0.1, 0.15) is 0 Å². The second kappa shape index (κ2) is 5.76. The van der Waals surface area contributed by atoms with Crippen LogP contribution in [0.25, 0.3) is 10.2 Å². The Kier molecular flexibility index (Phi) is 3.84. The molecule has 20 heavy (non-hydrogen) atoms. The van der Waals surface area contributed by atoms with E-state index < -0.39 is 0 Å². The van der Waals surface area contributed by atoms with E-state index in [1.807, 2.05) is 29.2 Å². The monoisotopic (exact) mass is 292 g/mol. The maximum absolute atomic E-state index is 12.1. The largest absolute Gasteiger partial charge is 0.378 e. The molecule has 0 atom stereocenters. The lowest BCUT2D eigenvalue weighted by Crippen LogP contribution is -2.41. The number of hydrogen-bond acceptors (Lipinski definition) is 4. The van der Waals surface area contributed by atoms with E-state index in [1.165, 1.54) is 11.3 Å². The SMILES string of the molecule is O=C(CCn1c(=O)sc2ccccc21)N1CCOCC1. The van der Waals surface area contributed by atoms with Crippen molar-refractivity contribution in [1.82, 2.24) is 9.47 Å². The molecule has 3 rings (SSSR count). The number of para-hydroxylation sites is 1. The van der Waals surface area contributed by atoms with Crippen LogP contribution in [0.2, 0.25) is 0 Å². The number of carbonyl (C=O) groups is 1. The molecule has 2 aromatic rings. The molecule has 1 aromatic heterocycles. The quantitative estimate of drug-likeness (QED) is 0.857. The molecule has 5 nitrogen and oxygen atoms in total. The van der Waals surface area contributed by atoms with Crippen molar-refractivity contribution >= 4 is 27.5 Å². The molecular formula is C14H16N2O3S. The first kappa shape index (κ1) is 13.3. The molecule has 0 unspecified atom stereocenters. The number of hydrogen-bond donors (Lipinski definition) is 0. The number of fused-ring (bicyclic) bond motifs is 1. The van der Waals surface area contributed by atoms with E-state index in [0.717, 1.165) is 10.2 Å². The number of nitrogens with zero attached hydrogens (tertiary/aromatic N) is 2. The van der Waals surface area contributed by atoms with E-state index >= 15 is 0 Å². The minimum atomic E-state index is 0.000905. The molecule has 0 bridgehead atoms. The molecule has 1 amide bonds. The van der Waals surface area contributed by atoms with Crippen molar-refractivity contribution < 1.29 is 9.53 Å². The van der Waals surface area contributed by atoms with Gasteiger partial charge in [0, 0.05) is 26.1 Å². The standard InChI is InChI=1S/C14H16N2O3S/c17-13(15-7-9-19-10-8-15)5-6-16-11-3-1-2-4-12(11)20-14(16)18/h1-4H,5-10H2. The lowest BCUT2D eigenvalue weighted by atomic mass is 10.3. The van der Waals surface area contributed by atoms with Crippen LogP contribution in [-0.2, 0) is 16.1 Å². The van der Waals surface area contributed by atoms with Crippen LogP contribution in [0.5, 0.6) is 0 Å². The van der Waals surface area contributed by atoms with Gasteiger partial charge in [0.15, 0.2) is 0 Å². The van der Waals surface area contributed by atoms with E-state index in [1.54, 1.807) is 4.57 Å². The summed E-state index contributed by atoms with van der Waals surface area (Å²) in [6, 6.07) is 7.68. The lowest BCUT2D eigenvalue weighted by Gasteiger charge is -2.26. The molecule has 1 aliphatic heterocycles. The number of amides is 1. The number of carbonyl (C=O) groups excluding carboxylic acids is 1. The van der Waals surface area contributed by atoms with Crippen molar-refractivity contribution in [2.24, 2.45) is 0 Å². The van der Waals surface area contributed by atoms with Crippen molar-refractivity contribution in [2.75, 3.05) is 26.3 Å².